The van der Waals surface area contributed by atoms with Crippen LogP contribution in [0.2, 0.25) is 0 Å². The fraction of sp³-hybridized carbons (Fsp3) is 0.500. The molecule has 0 radical (unpaired) electrons. The maximum atomic E-state index is 12.4. The highest BCUT2D eigenvalue weighted by molar-refractivity contribution is 5.76. The maximum Gasteiger partial charge on any atom is 0.416 e. The van der Waals surface area contributed by atoms with E-state index in [1.165, 1.54) is 12.1 Å². The molecule has 0 bridgehead atoms. The van der Waals surface area contributed by atoms with Gasteiger partial charge < -0.3 is 5.32 Å². The zero-order valence-corrected chi connectivity index (χ0v) is 11.2. The van der Waals surface area contributed by atoms with Crippen molar-refractivity contribution < 1.29 is 18.0 Å². The number of carbonyl (C=O) groups is 1. The molecule has 2 nitrogen and oxygen atoms in total. The Balaban J connectivity index is 2.68. The van der Waals surface area contributed by atoms with Crippen molar-refractivity contribution in [2.24, 2.45) is 5.92 Å². The topological polar surface area (TPSA) is 29.1 Å². The van der Waals surface area contributed by atoms with Crippen molar-refractivity contribution in [3.63, 3.8) is 0 Å². The zero-order valence-electron chi connectivity index (χ0n) is 11.2. The van der Waals surface area contributed by atoms with E-state index < -0.39 is 11.7 Å². The molecule has 19 heavy (non-hydrogen) atoms. The lowest BCUT2D eigenvalue weighted by molar-refractivity contribution is -0.137. The smallest absolute Gasteiger partial charge is 0.350 e. The molecule has 1 rings (SSSR count). The molecular formula is C14H18F3NO. The minimum absolute atomic E-state index is 0.0950. The van der Waals surface area contributed by atoms with E-state index in [-0.39, 0.29) is 17.9 Å². The number of nitrogens with one attached hydrogen (secondary N) is 1. The van der Waals surface area contributed by atoms with Crippen molar-refractivity contribution in [3.8, 4) is 0 Å². The Morgan fingerprint density at radius 1 is 1.16 bits per heavy atom. The van der Waals surface area contributed by atoms with E-state index in [0.717, 1.165) is 12.1 Å². The Labute approximate surface area is 111 Å². The van der Waals surface area contributed by atoms with E-state index in [9.17, 15) is 18.0 Å². The molecule has 1 atom stereocenters. The van der Waals surface area contributed by atoms with Gasteiger partial charge in [-0.05, 0) is 30.5 Å². The summed E-state index contributed by atoms with van der Waals surface area (Å²) in [5, 5.41) is 2.77. The first-order valence-corrected chi connectivity index (χ1v) is 6.16. The second-order valence-corrected chi connectivity index (χ2v) is 5.01. The van der Waals surface area contributed by atoms with Gasteiger partial charge in [0.2, 0.25) is 5.91 Å². The molecule has 5 heteroatoms. The molecule has 1 aromatic carbocycles. The van der Waals surface area contributed by atoms with Gasteiger partial charge in [-0.1, -0.05) is 26.0 Å². The van der Waals surface area contributed by atoms with Crippen LogP contribution in [0.15, 0.2) is 24.3 Å². The third-order valence-corrected chi connectivity index (χ3v) is 2.71. The van der Waals surface area contributed by atoms with Gasteiger partial charge in [0.15, 0.2) is 0 Å². The average molecular weight is 273 g/mol. The molecule has 1 amide bonds. The van der Waals surface area contributed by atoms with Gasteiger partial charge in [-0.25, -0.2) is 0 Å². The van der Waals surface area contributed by atoms with Crippen LogP contribution in [0.25, 0.3) is 0 Å². The van der Waals surface area contributed by atoms with Crippen LogP contribution in [0.3, 0.4) is 0 Å². The summed E-state index contributed by atoms with van der Waals surface area (Å²) in [4.78, 5) is 11.6. The van der Waals surface area contributed by atoms with Crippen LogP contribution in [0.4, 0.5) is 13.2 Å². The van der Waals surface area contributed by atoms with Gasteiger partial charge in [-0.2, -0.15) is 13.2 Å². The summed E-state index contributed by atoms with van der Waals surface area (Å²) >= 11 is 0. The Bertz CT molecular complexity index is 423. The van der Waals surface area contributed by atoms with Gasteiger partial charge in [-0.3, -0.25) is 4.79 Å². The Kier molecular flexibility index (Phi) is 4.97. The molecule has 0 saturated carbocycles. The summed E-state index contributed by atoms with van der Waals surface area (Å²) in [6.45, 7) is 5.62. The van der Waals surface area contributed by atoms with Crippen molar-refractivity contribution in [3.05, 3.63) is 35.4 Å². The molecule has 0 aromatic heterocycles. The third kappa shape index (κ3) is 4.93. The number of alkyl halides is 3. The van der Waals surface area contributed by atoms with Crippen LogP contribution in [0.5, 0.6) is 0 Å². The minimum atomic E-state index is -4.33. The normalized spacial score (nSPS) is 13.4. The number of hydrogen-bond acceptors (Lipinski definition) is 1. The van der Waals surface area contributed by atoms with E-state index in [1.807, 2.05) is 13.8 Å². The van der Waals surface area contributed by atoms with Crippen LogP contribution >= 0.6 is 0 Å². The van der Waals surface area contributed by atoms with E-state index in [0.29, 0.717) is 12.0 Å². The minimum Gasteiger partial charge on any atom is -0.350 e. The SMILES string of the molecule is CC(C)CC(=O)N[C@H](C)c1ccc(C(F)(F)F)cc1. The van der Waals surface area contributed by atoms with Crippen molar-refractivity contribution in [2.75, 3.05) is 0 Å². The van der Waals surface area contributed by atoms with Gasteiger partial charge in [0.05, 0.1) is 11.6 Å². The van der Waals surface area contributed by atoms with Crippen LogP contribution in [0.1, 0.15) is 44.4 Å². The second-order valence-electron chi connectivity index (χ2n) is 5.01. The molecular weight excluding hydrogens is 255 g/mol. The average Bonchev–Trinajstić information content (AvgIpc) is 2.26. The van der Waals surface area contributed by atoms with E-state index >= 15 is 0 Å². The summed E-state index contributed by atoms with van der Waals surface area (Å²) in [5.74, 6) is 0.155. The number of hydrogen-bond donors (Lipinski definition) is 1. The molecule has 0 saturated heterocycles. The Morgan fingerprint density at radius 3 is 2.11 bits per heavy atom. The lowest BCUT2D eigenvalue weighted by Crippen LogP contribution is -2.27. The summed E-state index contributed by atoms with van der Waals surface area (Å²) in [6, 6.07) is 4.54. The van der Waals surface area contributed by atoms with Gasteiger partial charge in [-0.15, -0.1) is 0 Å². The molecule has 1 aromatic rings. The zero-order chi connectivity index (χ0) is 14.6. The number of amides is 1. The van der Waals surface area contributed by atoms with Crippen LogP contribution < -0.4 is 5.32 Å². The van der Waals surface area contributed by atoms with Crippen LogP contribution in [0, 0.1) is 5.92 Å². The predicted molar refractivity (Wildman–Crippen MR) is 67.5 cm³/mol. The summed E-state index contributed by atoms with van der Waals surface area (Å²) in [7, 11) is 0. The molecule has 0 unspecified atom stereocenters. The first-order valence-electron chi connectivity index (χ1n) is 6.16. The molecule has 106 valence electrons. The van der Waals surface area contributed by atoms with E-state index in [2.05, 4.69) is 5.32 Å². The first kappa shape index (κ1) is 15.5. The predicted octanol–water partition coefficient (Wildman–Crippen LogP) is 3.93. The number of carbonyl (C=O) groups excluding carboxylic acids is 1. The van der Waals surface area contributed by atoms with Gasteiger partial charge in [0.1, 0.15) is 0 Å². The van der Waals surface area contributed by atoms with Gasteiger partial charge in [0.25, 0.3) is 0 Å². The number of halogens is 3. The maximum absolute atomic E-state index is 12.4. The first-order chi connectivity index (χ1) is 8.70. The van der Waals surface area contributed by atoms with E-state index in [1.54, 1.807) is 6.92 Å². The summed E-state index contributed by atoms with van der Waals surface area (Å²) in [6.07, 6.45) is -3.92. The lowest BCUT2D eigenvalue weighted by Gasteiger charge is -2.16. The fourth-order valence-corrected chi connectivity index (χ4v) is 1.72. The standard InChI is InChI=1S/C14H18F3NO/c1-9(2)8-13(19)18-10(3)11-4-6-12(7-5-11)14(15,16)17/h4-7,9-10H,8H2,1-3H3,(H,18,19)/t10-/m1/s1. The molecule has 0 aliphatic rings. The highest BCUT2D eigenvalue weighted by atomic mass is 19.4. The summed E-state index contributed by atoms with van der Waals surface area (Å²) < 4.78 is 37.2. The number of benzene rings is 1. The molecule has 0 spiro atoms. The van der Waals surface area contributed by atoms with Crippen molar-refractivity contribution in [1.82, 2.24) is 5.32 Å². The Hall–Kier alpha value is -1.52. The molecule has 0 heterocycles. The number of rotatable bonds is 4. The van der Waals surface area contributed by atoms with Crippen molar-refractivity contribution >= 4 is 5.91 Å². The molecule has 0 aliphatic heterocycles. The highest BCUT2D eigenvalue weighted by Crippen LogP contribution is 2.29. The van der Waals surface area contributed by atoms with Crippen LogP contribution in [-0.4, -0.2) is 5.91 Å². The van der Waals surface area contributed by atoms with Crippen LogP contribution in [-0.2, 0) is 11.0 Å². The van der Waals surface area contributed by atoms with E-state index in [4.69, 9.17) is 0 Å². The van der Waals surface area contributed by atoms with Gasteiger partial charge >= 0.3 is 6.18 Å². The summed E-state index contributed by atoms with van der Waals surface area (Å²) in [5.41, 5.74) is -0.0259. The molecule has 0 fully saturated rings. The molecule has 1 N–H and O–H groups in total. The van der Waals surface area contributed by atoms with Gasteiger partial charge in [0, 0.05) is 6.42 Å². The Morgan fingerprint density at radius 2 is 1.68 bits per heavy atom. The van der Waals surface area contributed by atoms with Crippen molar-refractivity contribution in [2.45, 2.75) is 39.4 Å². The monoisotopic (exact) mass is 273 g/mol. The van der Waals surface area contributed by atoms with Crippen molar-refractivity contribution in [1.29, 1.82) is 0 Å². The third-order valence-electron chi connectivity index (χ3n) is 2.71. The highest BCUT2D eigenvalue weighted by Gasteiger charge is 2.30. The lowest BCUT2D eigenvalue weighted by atomic mass is 10.0. The second kappa shape index (κ2) is 6.08. The quantitative estimate of drug-likeness (QED) is 0.884. The fourth-order valence-electron chi connectivity index (χ4n) is 1.72. The largest absolute Gasteiger partial charge is 0.416 e. The molecule has 0 aliphatic carbocycles.